The predicted molar refractivity (Wildman–Crippen MR) is 63.2 cm³/mol. The van der Waals surface area contributed by atoms with Crippen LogP contribution in [0.3, 0.4) is 0 Å². The second-order valence-electron chi connectivity index (χ2n) is 3.29. The zero-order chi connectivity index (χ0) is 11.1. The van der Waals surface area contributed by atoms with Crippen LogP contribution in [-0.2, 0) is 0 Å². The lowest BCUT2D eigenvalue weighted by molar-refractivity contribution is 0.543. The van der Waals surface area contributed by atoms with Crippen LogP contribution < -0.4 is 5.73 Å². The molecule has 1 aromatic carbocycles. The first-order valence-electron chi connectivity index (χ1n) is 4.59. The van der Waals surface area contributed by atoms with Crippen LogP contribution in [0.1, 0.15) is 0 Å². The molecule has 3 aromatic rings. The lowest BCUT2D eigenvalue weighted by atomic mass is 10.3. The Morgan fingerprint density at radius 1 is 1.38 bits per heavy atom. The van der Waals surface area contributed by atoms with Crippen molar-refractivity contribution in [2.75, 3.05) is 5.73 Å². The van der Waals surface area contributed by atoms with Gasteiger partial charge in [-0.25, -0.2) is 0 Å². The Hall–Kier alpha value is -1.82. The summed E-state index contributed by atoms with van der Waals surface area (Å²) >= 11 is 3.31. The third kappa shape index (κ3) is 1.38. The summed E-state index contributed by atoms with van der Waals surface area (Å²) in [6, 6.07) is 5.83. The van der Waals surface area contributed by atoms with Gasteiger partial charge in [0.05, 0.1) is 16.4 Å². The van der Waals surface area contributed by atoms with E-state index >= 15 is 0 Å². The Bertz CT molecular complexity index is 658. The van der Waals surface area contributed by atoms with Crippen molar-refractivity contribution >= 4 is 32.7 Å². The van der Waals surface area contributed by atoms with Crippen molar-refractivity contribution < 1.29 is 4.42 Å². The molecule has 2 N–H and O–H groups in total. The zero-order valence-electron chi connectivity index (χ0n) is 8.09. The normalized spacial score (nSPS) is 11.1. The fourth-order valence-corrected chi connectivity index (χ4v) is 1.75. The van der Waals surface area contributed by atoms with E-state index in [4.69, 9.17) is 10.2 Å². The van der Waals surface area contributed by atoms with E-state index in [0.717, 1.165) is 4.47 Å². The van der Waals surface area contributed by atoms with E-state index in [2.05, 4.69) is 26.0 Å². The van der Waals surface area contributed by atoms with Gasteiger partial charge in [0, 0.05) is 6.20 Å². The minimum atomic E-state index is 0.401. The van der Waals surface area contributed by atoms with Gasteiger partial charge < -0.3 is 10.2 Å². The van der Waals surface area contributed by atoms with Gasteiger partial charge in [-0.15, -0.1) is 0 Å². The fourth-order valence-electron chi connectivity index (χ4n) is 1.46. The maximum Gasteiger partial charge on any atom is 0.323 e. The molecule has 0 unspecified atom stereocenters. The summed E-state index contributed by atoms with van der Waals surface area (Å²) in [4.78, 5) is 4.28. The monoisotopic (exact) mass is 278 g/mol. The van der Waals surface area contributed by atoms with Gasteiger partial charge in [-0.2, -0.15) is 14.8 Å². The Kier molecular flexibility index (Phi) is 1.97. The Balaban J connectivity index is 2.22. The lowest BCUT2D eigenvalue weighted by Crippen LogP contribution is -1.93. The van der Waals surface area contributed by atoms with Gasteiger partial charge in [0.15, 0.2) is 5.58 Å². The summed E-state index contributed by atoms with van der Waals surface area (Å²) in [6.07, 6.45) is 3.43. The van der Waals surface area contributed by atoms with E-state index in [1.54, 1.807) is 23.1 Å². The average molecular weight is 279 g/mol. The minimum Gasteiger partial charge on any atom is -0.422 e. The molecule has 0 spiro atoms. The number of rotatable bonds is 1. The lowest BCUT2D eigenvalue weighted by Gasteiger charge is -1.89. The molecule has 80 valence electrons. The van der Waals surface area contributed by atoms with E-state index in [-0.39, 0.29) is 0 Å². The van der Waals surface area contributed by atoms with Crippen molar-refractivity contribution in [3.63, 3.8) is 0 Å². The predicted octanol–water partition coefficient (Wildman–Crippen LogP) is 2.36. The third-order valence-electron chi connectivity index (χ3n) is 2.19. The maximum absolute atomic E-state index is 5.79. The van der Waals surface area contributed by atoms with E-state index in [1.807, 2.05) is 12.1 Å². The SMILES string of the molecule is Nc1cccc2oc(-n3cc(Br)cn3)nc12. The number of aromatic nitrogens is 3. The molecule has 2 aromatic heterocycles. The van der Waals surface area contributed by atoms with Crippen LogP contribution in [0.25, 0.3) is 17.1 Å². The Labute approximate surface area is 99.0 Å². The van der Waals surface area contributed by atoms with E-state index in [9.17, 15) is 0 Å². The second-order valence-corrected chi connectivity index (χ2v) is 4.21. The molecule has 0 saturated carbocycles. The van der Waals surface area contributed by atoms with Crippen molar-refractivity contribution in [3.8, 4) is 6.01 Å². The molecule has 5 nitrogen and oxygen atoms in total. The molecule has 0 aliphatic carbocycles. The Morgan fingerprint density at radius 3 is 2.94 bits per heavy atom. The maximum atomic E-state index is 5.79. The number of oxazole rings is 1. The van der Waals surface area contributed by atoms with Crippen molar-refractivity contribution in [2.45, 2.75) is 0 Å². The number of anilines is 1. The van der Waals surface area contributed by atoms with Gasteiger partial charge in [0.2, 0.25) is 0 Å². The van der Waals surface area contributed by atoms with Gasteiger partial charge >= 0.3 is 6.01 Å². The first kappa shape index (κ1) is 9.41. The zero-order valence-corrected chi connectivity index (χ0v) is 9.68. The number of hydrogen-bond acceptors (Lipinski definition) is 4. The summed E-state index contributed by atoms with van der Waals surface area (Å²) in [7, 11) is 0. The van der Waals surface area contributed by atoms with E-state index in [0.29, 0.717) is 22.8 Å². The molecule has 0 aliphatic heterocycles. The quantitative estimate of drug-likeness (QED) is 0.694. The van der Waals surface area contributed by atoms with E-state index in [1.165, 1.54) is 0 Å². The van der Waals surface area contributed by atoms with Crippen molar-refractivity contribution in [1.29, 1.82) is 0 Å². The van der Waals surface area contributed by atoms with Gasteiger partial charge in [0.25, 0.3) is 0 Å². The first-order chi connectivity index (χ1) is 7.74. The molecule has 0 radical (unpaired) electrons. The fraction of sp³-hybridized carbons (Fsp3) is 0. The second kappa shape index (κ2) is 3.34. The molecule has 3 rings (SSSR count). The smallest absolute Gasteiger partial charge is 0.323 e. The topological polar surface area (TPSA) is 69.9 Å². The van der Waals surface area contributed by atoms with Crippen LogP contribution in [0.4, 0.5) is 5.69 Å². The molecule has 0 saturated heterocycles. The number of benzene rings is 1. The van der Waals surface area contributed by atoms with Crippen LogP contribution >= 0.6 is 15.9 Å². The van der Waals surface area contributed by atoms with Crippen molar-refractivity contribution in [1.82, 2.24) is 14.8 Å². The van der Waals surface area contributed by atoms with Crippen molar-refractivity contribution in [3.05, 3.63) is 35.1 Å². The highest BCUT2D eigenvalue weighted by molar-refractivity contribution is 9.10. The summed E-state index contributed by atoms with van der Waals surface area (Å²) in [5.74, 6) is 0. The highest BCUT2D eigenvalue weighted by Crippen LogP contribution is 2.23. The van der Waals surface area contributed by atoms with Crippen LogP contribution in [0.15, 0.2) is 39.5 Å². The molecule has 6 heteroatoms. The molecular formula is C10H7BrN4O. The Morgan fingerprint density at radius 2 is 2.25 bits per heavy atom. The minimum absolute atomic E-state index is 0.401. The molecular weight excluding hydrogens is 272 g/mol. The first-order valence-corrected chi connectivity index (χ1v) is 5.39. The highest BCUT2D eigenvalue weighted by Gasteiger charge is 2.10. The molecule has 0 amide bonds. The van der Waals surface area contributed by atoms with E-state index < -0.39 is 0 Å². The number of fused-ring (bicyclic) bond motifs is 1. The highest BCUT2D eigenvalue weighted by atomic mass is 79.9. The van der Waals surface area contributed by atoms with Crippen LogP contribution in [0.2, 0.25) is 0 Å². The summed E-state index contributed by atoms with van der Waals surface area (Å²) in [5, 5.41) is 4.08. The summed E-state index contributed by atoms with van der Waals surface area (Å²) < 4.78 is 7.95. The van der Waals surface area contributed by atoms with Gasteiger partial charge in [0.1, 0.15) is 5.52 Å². The number of nitrogens with zero attached hydrogens (tertiary/aromatic N) is 3. The molecule has 0 fully saturated rings. The standard InChI is InChI=1S/C10H7BrN4O/c11-6-4-13-15(5-6)10-14-9-7(12)2-1-3-8(9)16-10/h1-5H,12H2. The summed E-state index contributed by atoms with van der Waals surface area (Å²) in [6.45, 7) is 0. The average Bonchev–Trinajstić information content (AvgIpc) is 2.84. The van der Waals surface area contributed by atoms with Crippen LogP contribution in [-0.4, -0.2) is 14.8 Å². The largest absolute Gasteiger partial charge is 0.422 e. The molecule has 0 aliphatic rings. The number of para-hydroxylation sites is 1. The third-order valence-corrected chi connectivity index (χ3v) is 2.60. The van der Waals surface area contributed by atoms with Gasteiger partial charge in [-0.1, -0.05) is 6.07 Å². The van der Waals surface area contributed by atoms with Crippen molar-refractivity contribution in [2.24, 2.45) is 0 Å². The van der Waals surface area contributed by atoms with Gasteiger partial charge in [-0.05, 0) is 28.1 Å². The number of hydrogen-bond donors (Lipinski definition) is 1. The number of halogens is 1. The summed E-state index contributed by atoms with van der Waals surface area (Å²) in [5.41, 5.74) is 7.70. The molecule has 0 atom stereocenters. The number of nitrogen functional groups attached to an aromatic ring is 1. The molecule has 2 heterocycles. The molecule has 16 heavy (non-hydrogen) atoms. The van der Waals surface area contributed by atoms with Crippen LogP contribution in [0.5, 0.6) is 0 Å². The van der Waals surface area contributed by atoms with Crippen LogP contribution in [0, 0.1) is 0 Å². The van der Waals surface area contributed by atoms with Gasteiger partial charge in [-0.3, -0.25) is 0 Å². The molecule has 0 bridgehead atoms. The number of nitrogens with two attached hydrogens (primary N) is 1.